The Labute approximate surface area is 288 Å². The first-order chi connectivity index (χ1) is 22.6. The van der Waals surface area contributed by atoms with E-state index < -0.39 is 0 Å². The first-order valence-electron chi connectivity index (χ1n) is 19.7. The predicted molar refractivity (Wildman–Crippen MR) is 209 cm³/mol. The SMILES string of the molecule is CCCCC/C=C\C/C=C\C/C=C\CCCCCC(CCCCC/C=C\C/C=C\C/C=C\CCCCC)CC(=O)CCCN(C)C. The van der Waals surface area contributed by atoms with Crippen molar-refractivity contribution in [3.63, 3.8) is 0 Å². The van der Waals surface area contributed by atoms with Crippen molar-refractivity contribution in [3.8, 4) is 0 Å². The Morgan fingerprint density at radius 2 is 0.848 bits per heavy atom. The quantitative estimate of drug-likeness (QED) is 0.0518. The number of nitrogens with zero attached hydrogens (tertiary/aromatic N) is 1. The maximum atomic E-state index is 12.7. The number of rotatable bonds is 34. The van der Waals surface area contributed by atoms with Crippen LogP contribution in [0.2, 0.25) is 0 Å². The molecule has 0 rings (SSSR count). The van der Waals surface area contributed by atoms with E-state index in [4.69, 9.17) is 0 Å². The number of hydrogen-bond acceptors (Lipinski definition) is 2. The fraction of sp³-hybridized carbons (Fsp3) is 0.705. The largest absolute Gasteiger partial charge is 0.309 e. The van der Waals surface area contributed by atoms with Crippen LogP contribution in [0, 0.1) is 5.92 Å². The van der Waals surface area contributed by atoms with E-state index in [1.807, 2.05) is 0 Å². The van der Waals surface area contributed by atoms with Crippen LogP contribution in [-0.4, -0.2) is 31.3 Å². The average molecular weight is 636 g/mol. The molecule has 46 heavy (non-hydrogen) atoms. The van der Waals surface area contributed by atoms with Crippen molar-refractivity contribution in [2.75, 3.05) is 20.6 Å². The molecule has 0 heterocycles. The number of ketones is 1. The molecule has 0 radical (unpaired) electrons. The molecule has 0 atom stereocenters. The third-order valence-electron chi connectivity index (χ3n) is 8.58. The highest BCUT2D eigenvalue weighted by Crippen LogP contribution is 2.23. The van der Waals surface area contributed by atoms with Gasteiger partial charge < -0.3 is 4.90 Å². The Morgan fingerprint density at radius 3 is 1.22 bits per heavy atom. The zero-order chi connectivity index (χ0) is 33.6. The van der Waals surface area contributed by atoms with Crippen LogP contribution >= 0.6 is 0 Å². The standard InChI is InChI=1S/C44H77NO/c1-5-7-9-11-13-15-17-19-21-23-25-27-29-31-33-35-38-43(42-44(46)40-37-41-45(3)4)39-36-34-32-30-28-26-24-22-20-18-16-14-12-10-8-6-2/h13-16,19-22,25-28,43H,5-12,17-18,23-24,29-42H2,1-4H3/b15-13-,16-14-,21-19-,22-20-,27-25-,28-26-. The fourth-order valence-electron chi connectivity index (χ4n) is 5.69. The molecule has 0 saturated carbocycles. The second kappa shape index (κ2) is 37.5. The minimum Gasteiger partial charge on any atom is -0.309 e. The summed E-state index contributed by atoms with van der Waals surface area (Å²) in [4.78, 5) is 14.9. The molecule has 2 heteroatoms. The summed E-state index contributed by atoms with van der Waals surface area (Å²) in [5.74, 6) is 1.06. The zero-order valence-corrected chi connectivity index (χ0v) is 31.2. The lowest BCUT2D eigenvalue weighted by atomic mass is 9.89. The van der Waals surface area contributed by atoms with Crippen LogP contribution in [0.4, 0.5) is 0 Å². The molecule has 0 aliphatic heterocycles. The summed E-state index contributed by atoms with van der Waals surface area (Å²) in [5.41, 5.74) is 0. The lowest BCUT2D eigenvalue weighted by molar-refractivity contribution is -0.120. The molecule has 0 saturated heterocycles. The van der Waals surface area contributed by atoms with Gasteiger partial charge >= 0.3 is 0 Å². The highest BCUT2D eigenvalue weighted by atomic mass is 16.1. The van der Waals surface area contributed by atoms with Crippen LogP contribution in [0.1, 0.15) is 174 Å². The molecule has 264 valence electrons. The molecule has 2 nitrogen and oxygen atoms in total. The second-order valence-electron chi connectivity index (χ2n) is 13.6. The van der Waals surface area contributed by atoms with Crippen molar-refractivity contribution in [1.82, 2.24) is 4.90 Å². The third kappa shape index (κ3) is 36.5. The molecule has 0 aromatic heterocycles. The van der Waals surface area contributed by atoms with Crippen LogP contribution < -0.4 is 0 Å². The van der Waals surface area contributed by atoms with Gasteiger partial charge in [-0.25, -0.2) is 0 Å². The average Bonchev–Trinajstić information content (AvgIpc) is 3.04. The molecule has 0 aliphatic rings. The van der Waals surface area contributed by atoms with Gasteiger partial charge in [-0.15, -0.1) is 0 Å². The van der Waals surface area contributed by atoms with Crippen LogP contribution in [0.15, 0.2) is 72.9 Å². The number of Topliss-reactive ketones (excluding diaryl/α,β-unsaturated/α-hetero) is 1. The Hall–Kier alpha value is -1.93. The summed E-state index contributed by atoms with van der Waals surface area (Å²) in [6.45, 7) is 5.53. The Bertz CT molecular complexity index is 758. The fourth-order valence-corrected chi connectivity index (χ4v) is 5.69. The summed E-state index contributed by atoms with van der Waals surface area (Å²) >= 11 is 0. The molecular formula is C44H77NO. The summed E-state index contributed by atoms with van der Waals surface area (Å²) < 4.78 is 0. The van der Waals surface area contributed by atoms with Gasteiger partial charge in [0.25, 0.3) is 0 Å². The van der Waals surface area contributed by atoms with Gasteiger partial charge in [-0.2, -0.15) is 0 Å². The van der Waals surface area contributed by atoms with E-state index in [9.17, 15) is 4.79 Å². The van der Waals surface area contributed by atoms with Crippen LogP contribution in [0.3, 0.4) is 0 Å². The zero-order valence-electron chi connectivity index (χ0n) is 31.2. The first-order valence-corrected chi connectivity index (χ1v) is 19.7. The number of hydrogen-bond donors (Lipinski definition) is 0. The normalized spacial score (nSPS) is 12.8. The van der Waals surface area contributed by atoms with Crippen LogP contribution in [0.5, 0.6) is 0 Å². The molecule has 0 N–H and O–H groups in total. The lowest BCUT2D eigenvalue weighted by Gasteiger charge is -2.17. The highest BCUT2D eigenvalue weighted by molar-refractivity contribution is 5.78. The number of carbonyl (C=O) groups is 1. The molecule has 0 fully saturated rings. The molecular weight excluding hydrogens is 558 g/mol. The van der Waals surface area contributed by atoms with E-state index in [-0.39, 0.29) is 0 Å². The monoisotopic (exact) mass is 636 g/mol. The Balaban J connectivity index is 4.15. The van der Waals surface area contributed by atoms with E-state index in [1.54, 1.807) is 0 Å². The summed E-state index contributed by atoms with van der Waals surface area (Å²) in [5, 5.41) is 0. The minimum absolute atomic E-state index is 0.484. The highest BCUT2D eigenvalue weighted by Gasteiger charge is 2.13. The Kier molecular flexibility index (Phi) is 36.0. The van der Waals surface area contributed by atoms with Gasteiger partial charge in [0.2, 0.25) is 0 Å². The molecule has 0 aromatic rings. The topological polar surface area (TPSA) is 20.3 Å². The van der Waals surface area contributed by atoms with Gasteiger partial charge in [0.15, 0.2) is 0 Å². The number of carbonyl (C=O) groups excluding carboxylic acids is 1. The molecule has 0 unspecified atom stereocenters. The van der Waals surface area contributed by atoms with E-state index >= 15 is 0 Å². The van der Waals surface area contributed by atoms with E-state index in [0.717, 1.165) is 51.5 Å². The summed E-state index contributed by atoms with van der Waals surface area (Å²) in [6.07, 6.45) is 57.3. The maximum Gasteiger partial charge on any atom is 0.133 e. The number of allylic oxidation sites excluding steroid dienone is 12. The first kappa shape index (κ1) is 44.1. The molecule has 0 spiro atoms. The van der Waals surface area contributed by atoms with Crippen LogP contribution in [-0.2, 0) is 4.79 Å². The van der Waals surface area contributed by atoms with Gasteiger partial charge in [-0.1, -0.05) is 151 Å². The van der Waals surface area contributed by atoms with Gasteiger partial charge in [-0.3, -0.25) is 4.79 Å². The molecule has 0 bridgehead atoms. The van der Waals surface area contributed by atoms with Crippen molar-refractivity contribution >= 4 is 5.78 Å². The van der Waals surface area contributed by atoms with Crippen molar-refractivity contribution < 1.29 is 4.79 Å². The van der Waals surface area contributed by atoms with Gasteiger partial charge in [-0.05, 0) is 110 Å². The third-order valence-corrected chi connectivity index (χ3v) is 8.58. The van der Waals surface area contributed by atoms with Crippen molar-refractivity contribution in [1.29, 1.82) is 0 Å². The summed E-state index contributed by atoms with van der Waals surface area (Å²) in [7, 11) is 4.18. The predicted octanol–water partition coefficient (Wildman–Crippen LogP) is 13.9. The lowest BCUT2D eigenvalue weighted by Crippen LogP contribution is -2.15. The molecule has 0 amide bonds. The van der Waals surface area contributed by atoms with E-state index in [1.165, 1.54) is 116 Å². The number of unbranched alkanes of at least 4 members (excludes halogenated alkanes) is 12. The molecule has 0 aliphatic carbocycles. The minimum atomic E-state index is 0.484. The second-order valence-corrected chi connectivity index (χ2v) is 13.6. The smallest absolute Gasteiger partial charge is 0.133 e. The van der Waals surface area contributed by atoms with Gasteiger partial charge in [0, 0.05) is 12.8 Å². The van der Waals surface area contributed by atoms with Crippen molar-refractivity contribution in [2.45, 2.75) is 174 Å². The van der Waals surface area contributed by atoms with E-state index in [0.29, 0.717) is 11.7 Å². The summed E-state index contributed by atoms with van der Waals surface area (Å²) in [6, 6.07) is 0. The van der Waals surface area contributed by atoms with Crippen molar-refractivity contribution in [3.05, 3.63) is 72.9 Å². The maximum absolute atomic E-state index is 12.7. The van der Waals surface area contributed by atoms with Gasteiger partial charge in [0.1, 0.15) is 5.78 Å². The molecule has 0 aromatic carbocycles. The van der Waals surface area contributed by atoms with E-state index in [2.05, 4.69) is 106 Å². The Morgan fingerprint density at radius 1 is 0.478 bits per heavy atom. The van der Waals surface area contributed by atoms with Crippen molar-refractivity contribution in [2.24, 2.45) is 5.92 Å². The van der Waals surface area contributed by atoms with Gasteiger partial charge in [0.05, 0.1) is 0 Å². The van der Waals surface area contributed by atoms with Crippen LogP contribution in [0.25, 0.3) is 0 Å².